The van der Waals surface area contributed by atoms with E-state index in [1.165, 1.54) is 0 Å². The maximum absolute atomic E-state index is 10.3. The predicted octanol–water partition coefficient (Wildman–Crippen LogP) is 3.87. The number of rotatable bonds is 4. The number of halogens is 2. The molecule has 0 radical (unpaired) electrons. The van der Waals surface area contributed by atoms with E-state index in [1.54, 1.807) is 30.4 Å². The second-order valence-corrected chi connectivity index (χ2v) is 3.84. The van der Waals surface area contributed by atoms with Crippen LogP contribution in [0.25, 0.3) is 6.08 Å². The highest BCUT2D eigenvalue weighted by atomic mass is 35.5. The molecule has 0 spiro atoms. The van der Waals surface area contributed by atoms with E-state index in [9.17, 15) is 4.79 Å². The van der Waals surface area contributed by atoms with Crippen molar-refractivity contribution in [2.24, 2.45) is 0 Å². The molecule has 0 unspecified atom stereocenters. The first-order chi connectivity index (χ1) is 7.09. The van der Waals surface area contributed by atoms with Crippen LogP contribution in [0.1, 0.15) is 18.4 Å². The Morgan fingerprint density at radius 1 is 1.40 bits per heavy atom. The van der Waals surface area contributed by atoms with Gasteiger partial charge in [0.1, 0.15) is 0 Å². The Morgan fingerprint density at radius 2 is 2.13 bits per heavy atom. The van der Waals surface area contributed by atoms with Gasteiger partial charge in [-0.1, -0.05) is 35.4 Å². The zero-order valence-electron chi connectivity index (χ0n) is 7.91. The van der Waals surface area contributed by atoms with Gasteiger partial charge in [0.2, 0.25) is 0 Å². The maximum Gasteiger partial charge on any atom is 0.303 e. The van der Waals surface area contributed by atoms with Crippen LogP contribution in [0, 0.1) is 0 Å². The summed E-state index contributed by atoms with van der Waals surface area (Å²) in [6.07, 6.45) is 4.15. The van der Waals surface area contributed by atoms with E-state index in [0.717, 1.165) is 5.56 Å². The molecule has 4 heteroatoms. The lowest BCUT2D eigenvalue weighted by Gasteiger charge is -1.98. The van der Waals surface area contributed by atoms with Gasteiger partial charge in [0, 0.05) is 16.5 Å². The monoisotopic (exact) mass is 244 g/mol. The second kappa shape index (κ2) is 5.79. The van der Waals surface area contributed by atoms with Crippen LogP contribution >= 0.6 is 23.2 Å². The molecular formula is C11H10Cl2O2. The summed E-state index contributed by atoms with van der Waals surface area (Å²) in [4.78, 5) is 10.3. The van der Waals surface area contributed by atoms with Crippen molar-refractivity contribution in [1.29, 1.82) is 0 Å². The normalized spacial score (nSPS) is 10.8. The van der Waals surface area contributed by atoms with E-state index in [4.69, 9.17) is 28.3 Å². The fourth-order valence-electron chi connectivity index (χ4n) is 1.06. The minimum Gasteiger partial charge on any atom is -0.481 e. The van der Waals surface area contributed by atoms with Gasteiger partial charge in [0.25, 0.3) is 0 Å². The molecule has 1 rings (SSSR count). The van der Waals surface area contributed by atoms with Gasteiger partial charge in [-0.05, 0) is 30.2 Å². The van der Waals surface area contributed by atoms with Gasteiger partial charge in [0.15, 0.2) is 0 Å². The smallest absolute Gasteiger partial charge is 0.303 e. The van der Waals surface area contributed by atoms with Crippen molar-refractivity contribution in [3.8, 4) is 0 Å². The van der Waals surface area contributed by atoms with Gasteiger partial charge in [-0.15, -0.1) is 0 Å². The average molecular weight is 245 g/mol. The van der Waals surface area contributed by atoms with Crippen LogP contribution in [0.15, 0.2) is 24.3 Å². The lowest BCUT2D eigenvalue weighted by atomic mass is 10.2. The SMILES string of the molecule is O=C(O)CCC=Cc1cc(Cl)ccc1Cl. The average Bonchev–Trinajstić information content (AvgIpc) is 2.17. The third-order valence-electron chi connectivity index (χ3n) is 1.78. The van der Waals surface area contributed by atoms with E-state index in [-0.39, 0.29) is 6.42 Å². The predicted molar refractivity (Wildman–Crippen MR) is 62.4 cm³/mol. The molecule has 0 aromatic heterocycles. The molecule has 0 fully saturated rings. The first kappa shape index (κ1) is 12.1. The van der Waals surface area contributed by atoms with Crippen LogP contribution in [0.5, 0.6) is 0 Å². The van der Waals surface area contributed by atoms with Crippen LogP contribution in [-0.4, -0.2) is 11.1 Å². The molecular weight excluding hydrogens is 235 g/mol. The molecule has 1 aromatic rings. The van der Waals surface area contributed by atoms with Gasteiger partial charge >= 0.3 is 5.97 Å². The van der Waals surface area contributed by atoms with Crippen molar-refractivity contribution in [2.45, 2.75) is 12.8 Å². The molecule has 15 heavy (non-hydrogen) atoms. The Bertz CT molecular complexity index is 386. The summed E-state index contributed by atoms with van der Waals surface area (Å²) >= 11 is 11.7. The first-order valence-electron chi connectivity index (χ1n) is 4.43. The Hall–Kier alpha value is -0.990. The molecule has 0 aliphatic rings. The zero-order chi connectivity index (χ0) is 11.3. The molecule has 0 heterocycles. The Labute approximate surface area is 98.1 Å². The Kier molecular flexibility index (Phi) is 4.66. The largest absolute Gasteiger partial charge is 0.481 e. The molecule has 0 saturated carbocycles. The summed E-state index contributed by atoms with van der Waals surface area (Å²) in [5.41, 5.74) is 0.801. The third-order valence-corrected chi connectivity index (χ3v) is 2.36. The van der Waals surface area contributed by atoms with Crippen LogP contribution in [0.3, 0.4) is 0 Å². The maximum atomic E-state index is 10.3. The minimum absolute atomic E-state index is 0.120. The number of benzene rings is 1. The molecule has 0 bridgehead atoms. The summed E-state index contributed by atoms with van der Waals surface area (Å²) < 4.78 is 0. The van der Waals surface area contributed by atoms with Gasteiger partial charge in [-0.25, -0.2) is 0 Å². The molecule has 2 nitrogen and oxygen atoms in total. The third kappa shape index (κ3) is 4.36. The molecule has 1 N–H and O–H groups in total. The van der Waals surface area contributed by atoms with Gasteiger partial charge < -0.3 is 5.11 Å². The standard InChI is InChI=1S/C11H10Cl2O2/c12-9-5-6-10(13)8(7-9)3-1-2-4-11(14)15/h1,3,5-7H,2,4H2,(H,14,15). The fourth-order valence-corrected chi connectivity index (χ4v) is 1.42. The van der Waals surface area contributed by atoms with Crippen molar-refractivity contribution < 1.29 is 9.90 Å². The van der Waals surface area contributed by atoms with E-state index < -0.39 is 5.97 Å². The van der Waals surface area contributed by atoms with E-state index >= 15 is 0 Å². The number of aliphatic carboxylic acids is 1. The molecule has 0 aliphatic heterocycles. The van der Waals surface area contributed by atoms with Gasteiger partial charge in [-0.2, -0.15) is 0 Å². The molecule has 0 atom stereocenters. The number of hydrogen-bond acceptors (Lipinski definition) is 1. The highest BCUT2D eigenvalue weighted by Gasteiger charge is 1.97. The van der Waals surface area contributed by atoms with E-state index in [2.05, 4.69) is 0 Å². The summed E-state index contributed by atoms with van der Waals surface area (Å²) in [5, 5.41) is 9.64. The van der Waals surface area contributed by atoms with Crippen molar-refractivity contribution in [3.63, 3.8) is 0 Å². The number of hydrogen-bond donors (Lipinski definition) is 1. The Morgan fingerprint density at radius 3 is 2.80 bits per heavy atom. The number of carboxylic acid groups (broad SMARTS) is 1. The lowest BCUT2D eigenvalue weighted by Crippen LogP contribution is -1.91. The van der Waals surface area contributed by atoms with Crippen LogP contribution in [0.2, 0.25) is 10.0 Å². The molecule has 0 amide bonds. The minimum atomic E-state index is -0.808. The van der Waals surface area contributed by atoms with Gasteiger partial charge in [-0.3, -0.25) is 4.79 Å². The van der Waals surface area contributed by atoms with E-state index in [1.807, 2.05) is 0 Å². The zero-order valence-corrected chi connectivity index (χ0v) is 9.42. The molecule has 1 aromatic carbocycles. The fraction of sp³-hybridized carbons (Fsp3) is 0.182. The highest BCUT2D eigenvalue weighted by Crippen LogP contribution is 2.21. The summed E-state index contributed by atoms with van der Waals surface area (Å²) in [5.74, 6) is -0.808. The Balaban J connectivity index is 2.63. The number of carboxylic acids is 1. The van der Waals surface area contributed by atoms with Crippen LogP contribution < -0.4 is 0 Å². The lowest BCUT2D eigenvalue weighted by molar-refractivity contribution is -0.136. The van der Waals surface area contributed by atoms with Crippen molar-refractivity contribution in [1.82, 2.24) is 0 Å². The topological polar surface area (TPSA) is 37.3 Å². The van der Waals surface area contributed by atoms with Gasteiger partial charge in [0.05, 0.1) is 0 Å². The van der Waals surface area contributed by atoms with E-state index in [0.29, 0.717) is 16.5 Å². The summed E-state index contributed by atoms with van der Waals surface area (Å²) in [6.45, 7) is 0. The summed E-state index contributed by atoms with van der Waals surface area (Å²) in [6, 6.07) is 5.15. The van der Waals surface area contributed by atoms with Crippen LogP contribution in [-0.2, 0) is 4.79 Å². The second-order valence-electron chi connectivity index (χ2n) is 3.00. The molecule has 80 valence electrons. The first-order valence-corrected chi connectivity index (χ1v) is 5.18. The molecule has 0 saturated heterocycles. The number of allylic oxidation sites excluding steroid dienone is 1. The quantitative estimate of drug-likeness (QED) is 0.874. The van der Waals surface area contributed by atoms with Crippen molar-refractivity contribution in [3.05, 3.63) is 39.9 Å². The highest BCUT2D eigenvalue weighted by molar-refractivity contribution is 6.34. The molecule has 0 aliphatic carbocycles. The number of carbonyl (C=O) groups is 1. The van der Waals surface area contributed by atoms with Crippen molar-refractivity contribution in [2.75, 3.05) is 0 Å². The van der Waals surface area contributed by atoms with Crippen LogP contribution in [0.4, 0.5) is 0 Å². The summed E-state index contributed by atoms with van der Waals surface area (Å²) in [7, 11) is 0. The van der Waals surface area contributed by atoms with Crippen molar-refractivity contribution >= 4 is 35.2 Å².